The number of pyridine rings is 1. The Morgan fingerprint density at radius 1 is 1.00 bits per heavy atom. The summed E-state index contributed by atoms with van der Waals surface area (Å²) in [5.74, 6) is -0.380. The average Bonchev–Trinajstić information content (AvgIpc) is 2.88. The maximum Gasteiger partial charge on any atom is 0.339 e. The lowest BCUT2D eigenvalue weighted by Crippen LogP contribution is -2.23. The van der Waals surface area contributed by atoms with E-state index >= 15 is 0 Å². The van der Waals surface area contributed by atoms with Gasteiger partial charge in [0.25, 0.3) is 5.91 Å². The number of anilines is 1. The molecule has 1 unspecified atom stereocenters. The highest BCUT2D eigenvalue weighted by molar-refractivity contribution is 7.99. The summed E-state index contributed by atoms with van der Waals surface area (Å²) >= 11 is 1.57. The Morgan fingerprint density at radius 3 is 2.60 bits per heavy atom. The number of para-hydroxylation sites is 2. The normalized spacial score (nSPS) is 14.8. The van der Waals surface area contributed by atoms with E-state index in [0.717, 1.165) is 51.2 Å². The van der Waals surface area contributed by atoms with E-state index in [1.165, 1.54) is 0 Å². The van der Waals surface area contributed by atoms with E-state index in [9.17, 15) is 9.59 Å². The first kappa shape index (κ1) is 23.1. The van der Waals surface area contributed by atoms with E-state index in [1.54, 1.807) is 11.8 Å². The summed E-state index contributed by atoms with van der Waals surface area (Å²) in [6.07, 6.45) is 2.68. The highest BCUT2D eigenvalue weighted by atomic mass is 32.2. The second-order valence-electron chi connectivity index (χ2n) is 8.81. The van der Waals surface area contributed by atoms with Crippen molar-refractivity contribution in [1.82, 2.24) is 4.98 Å². The molecule has 0 bridgehead atoms. The quantitative estimate of drug-likeness (QED) is 0.326. The third-order valence-corrected chi connectivity index (χ3v) is 7.26. The molecular formula is C29H26N2O3S. The Labute approximate surface area is 208 Å². The molecule has 0 fully saturated rings. The highest BCUT2D eigenvalue weighted by Gasteiger charge is 2.26. The number of hydrogen-bond acceptors (Lipinski definition) is 5. The Balaban J connectivity index is 1.32. The fourth-order valence-electron chi connectivity index (χ4n) is 4.46. The zero-order valence-corrected chi connectivity index (χ0v) is 20.3. The van der Waals surface area contributed by atoms with Gasteiger partial charge in [0.1, 0.15) is 0 Å². The number of esters is 1. The van der Waals surface area contributed by atoms with Crippen LogP contribution in [0.5, 0.6) is 0 Å². The van der Waals surface area contributed by atoms with Crippen molar-refractivity contribution in [2.45, 2.75) is 36.0 Å². The van der Waals surface area contributed by atoms with Crippen molar-refractivity contribution in [2.75, 3.05) is 11.9 Å². The summed E-state index contributed by atoms with van der Waals surface area (Å²) < 4.78 is 5.54. The van der Waals surface area contributed by atoms with Gasteiger partial charge >= 0.3 is 5.97 Å². The summed E-state index contributed by atoms with van der Waals surface area (Å²) in [6.45, 7) is 1.83. The molecule has 1 amide bonds. The predicted molar refractivity (Wildman–Crippen MR) is 139 cm³/mol. The van der Waals surface area contributed by atoms with Gasteiger partial charge in [-0.25, -0.2) is 4.79 Å². The van der Waals surface area contributed by atoms with Gasteiger partial charge in [-0.05, 0) is 61.1 Å². The van der Waals surface area contributed by atoms with Gasteiger partial charge < -0.3 is 10.1 Å². The van der Waals surface area contributed by atoms with Crippen molar-refractivity contribution < 1.29 is 14.3 Å². The molecule has 5 nitrogen and oxygen atoms in total. The smallest absolute Gasteiger partial charge is 0.339 e. The standard InChI is InChI=1S/C29H26N2O3S/c1-19-15-16-24-22(17-19)28(21-11-5-6-12-23(21)30-24)29(33)34-18-27(32)31-25-13-7-8-14-26(25)35-20-9-3-2-4-10-20/h2-14,19H,15-18H2,1H3,(H,31,32). The molecule has 4 aromatic rings. The first-order valence-corrected chi connectivity index (χ1v) is 12.6. The Kier molecular flexibility index (Phi) is 6.82. The van der Waals surface area contributed by atoms with Gasteiger partial charge in [0.2, 0.25) is 0 Å². The third-order valence-electron chi connectivity index (χ3n) is 6.18. The van der Waals surface area contributed by atoms with E-state index in [2.05, 4.69) is 12.2 Å². The molecule has 1 N–H and O–H groups in total. The molecule has 1 heterocycles. The minimum atomic E-state index is -0.476. The average molecular weight is 483 g/mol. The van der Waals surface area contributed by atoms with Gasteiger partial charge in [-0.3, -0.25) is 9.78 Å². The van der Waals surface area contributed by atoms with Gasteiger partial charge in [-0.1, -0.05) is 67.2 Å². The SMILES string of the molecule is CC1CCc2nc3ccccc3c(C(=O)OCC(=O)Nc3ccccc3Sc3ccccc3)c2C1. The molecule has 5 rings (SSSR count). The number of amides is 1. The third kappa shape index (κ3) is 5.23. The summed E-state index contributed by atoms with van der Waals surface area (Å²) in [4.78, 5) is 32.8. The van der Waals surface area contributed by atoms with Crippen molar-refractivity contribution in [3.05, 3.63) is 95.7 Å². The molecule has 0 aliphatic heterocycles. The van der Waals surface area contributed by atoms with E-state index in [0.29, 0.717) is 17.2 Å². The number of nitrogens with zero attached hydrogens (tertiary/aromatic N) is 1. The van der Waals surface area contributed by atoms with Gasteiger partial charge in [0.05, 0.1) is 16.8 Å². The largest absolute Gasteiger partial charge is 0.452 e. The molecule has 0 radical (unpaired) electrons. The van der Waals surface area contributed by atoms with Crippen LogP contribution in [-0.2, 0) is 22.4 Å². The molecule has 1 aliphatic carbocycles. The highest BCUT2D eigenvalue weighted by Crippen LogP contribution is 2.34. The van der Waals surface area contributed by atoms with Crippen molar-refractivity contribution in [2.24, 2.45) is 5.92 Å². The van der Waals surface area contributed by atoms with Crippen molar-refractivity contribution >= 4 is 40.2 Å². The zero-order valence-electron chi connectivity index (χ0n) is 19.5. The number of rotatable bonds is 6. The second-order valence-corrected chi connectivity index (χ2v) is 9.93. The van der Waals surface area contributed by atoms with E-state index in [4.69, 9.17) is 9.72 Å². The van der Waals surface area contributed by atoms with Crippen molar-refractivity contribution in [1.29, 1.82) is 0 Å². The van der Waals surface area contributed by atoms with Crippen LogP contribution in [0.4, 0.5) is 5.69 Å². The van der Waals surface area contributed by atoms with Crippen LogP contribution in [0.1, 0.15) is 35.0 Å². The number of ether oxygens (including phenoxy) is 1. The van der Waals surface area contributed by atoms with Gasteiger partial charge in [0, 0.05) is 20.9 Å². The fraction of sp³-hybridized carbons (Fsp3) is 0.207. The van der Waals surface area contributed by atoms with E-state index in [-0.39, 0.29) is 12.5 Å². The predicted octanol–water partition coefficient (Wildman–Crippen LogP) is 6.31. The maximum atomic E-state index is 13.3. The lowest BCUT2D eigenvalue weighted by molar-refractivity contribution is -0.119. The summed E-state index contributed by atoms with van der Waals surface area (Å²) in [5, 5.41) is 3.67. The molecule has 1 aliphatic rings. The molecule has 0 spiro atoms. The number of fused-ring (bicyclic) bond motifs is 2. The monoisotopic (exact) mass is 482 g/mol. The van der Waals surface area contributed by atoms with Crippen LogP contribution in [0, 0.1) is 5.92 Å². The van der Waals surface area contributed by atoms with Crippen molar-refractivity contribution in [3.63, 3.8) is 0 Å². The first-order chi connectivity index (χ1) is 17.1. The number of hydrogen-bond donors (Lipinski definition) is 1. The topological polar surface area (TPSA) is 68.3 Å². The van der Waals surface area contributed by atoms with Gasteiger partial charge in [0.15, 0.2) is 6.61 Å². The number of nitrogens with one attached hydrogen (secondary N) is 1. The summed E-state index contributed by atoms with van der Waals surface area (Å²) in [6, 6.07) is 25.2. The van der Waals surface area contributed by atoms with Crippen LogP contribution in [0.15, 0.2) is 88.7 Å². The van der Waals surface area contributed by atoms with E-state index < -0.39 is 5.97 Å². The molecule has 1 aromatic heterocycles. The lowest BCUT2D eigenvalue weighted by Gasteiger charge is -2.24. The summed E-state index contributed by atoms with van der Waals surface area (Å²) in [7, 11) is 0. The molecule has 176 valence electrons. The zero-order chi connectivity index (χ0) is 24.2. The molecule has 0 saturated heterocycles. The molecule has 0 saturated carbocycles. The maximum absolute atomic E-state index is 13.3. The Hall–Kier alpha value is -3.64. The number of carbonyl (C=O) groups is 2. The molecule has 3 aromatic carbocycles. The van der Waals surface area contributed by atoms with Crippen molar-refractivity contribution in [3.8, 4) is 0 Å². The van der Waals surface area contributed by atoms with Gasteiger partial charge in [-0.15, -0.1) is 0 Å². The Bertz CT molecular complexity index is 1390. The first-order valence-electron chi connectivity index (χ1n) is 11.8. The van der Waals surface area contributed by atoms with Crippen LogP contribution in [0.25, 0.3) is 10.9 Å². The van der Waals surface area contributed by atoms with E-state index in [1.807, 2.05) is 78.9 Å². The Morgan fingerprint density at radius 2 is 1.74 bits per heavy atom. The second kappa shape index (κ2) is 10.3. The minimum Gasteiger partial charge on any atom is -0.452 e. The molecule has 1 atom stereocenters. The van der Waals surface area contributed by atoms with Crippen LogP contribution < -0.4 is 5.32 Å². The van der Waals surface area contributed by atoms with Crippen LogP contribution >= 0.6 is 11.8 Å². The molecule has 35 heavy (non-hydrogen) atoms. The minimum absolute atomic E-state index is 0.357. The fourth-order valence-corrected chi connectivity index (χ4v) is 5.38. The van der Waals surface area contributed by atoms with Gasteiger partial charge in [-0.2, -0.15) is 0 Å². The molecule has 6 heteroatoms. The number of carbonyl (C=O) groups excluding carboxylic acids is 2. The van der Waals surface area contributed by atoms with Crippen LogP contribution in [0.2, 0.25) is 0 Å². The summed E-state index contributed by atoms with van der Waals surface area (Å²) in [5.41, 5.74) is 3.93. The van der Waals surface area contributed by atoms with Crippen LogP contribution in [-0.4, -0.2) is 23.5 Å². The van der Waals surface area contributed by atoms with Crippen LogP contribution in [0.3, 0.4) is 0 Å². The number of benzene rings is 3. The number of aryl methyl sites for hydroxylation is 1. The molecular weight excluding hydrogens is 456 g/mol. The number of aromatic nitrogens is 1. The lowest BCUT2D eigenvalue weighted by atomic mass is 9.84.